The third-order valence-corrected chi connectivity index (χ3v) is 4.54. The Morgan fingerprint density at radius 3 is 2.48 bits per heavy atom. The van der Waals surface area contributed by atoms with Gasteiger partial charge in [-0.15, -0.1) is 0 Å². The number of nitrogens with one attached hydrogen (secondary N) is 1. The van der Waals surface area contributed by atoms with Crippen LogP contribution in [0.25, 0.3) is 0 Å². The lowest BCUT2D eigenvalue weighted by atomic mass is 10.3. The molecule has 134 valence electrons. The molecule has 0 bridgehead atoms. The number of nitro groups is 1. The van der Waals surface area contributed by atoms with E-state index >= 15 is 0 Å². The number of anilines is 1. The number of rotatable bonds is 9. The molecule has 1 N–H and O–H groups in total. The molecule has 2 aromatic carbocycles. The maximum absolute atomic E-state index is 12.4. The molecule has 0 aliphatic heterocycles. The van der Waals surface area contributed by atoms with Crippen molar-refractivity contribution in [1.29, 1.82) is 0 Å². The lowest BCUT2D eigenvalue weighted by molar-refractivity contribution is -0.384. The van der Waals surface area contributed by atoms with Gasteiger partial charge in [-0.2, -0.15) is 0 Å². The first-order chi connectivity index (χ1) is 11.9. The predicted octanol–water partition coefficient (Wildman–Crippen LogP) is 2.81. The van der Waals surface area contributed by atoms with Crippen LogP contribution < -0.4 is 9.46 Å². The summed E-state index contributed by atoms with van der Waals surface area (Å²) in [7, 11) is -3.85. The Kier molecular flexibility index (Phi) is 6.31. The third kappa shape index (κ3) is 5.44. The topological polar surface area (TPSA) is 108 Å². The summed E-state index contributed by atoms with van der Waals surface area (Å²) >= 11 is 0. The molecule has 0 aromatic heterocycles. The molecule has 0 amide bonds. The molecule has 0 aliphatic carbocycles. The molecule has 0 aliphatic rings. The van der Waals surface area contributed by atoms with Crippen molar-refractivity contribution in [3.05, 3.63) is 58.6 Å². The van der Waals surface area contributed by atoms with Crippen molar-refractivity contribution in [2.75, 3.05) is 24.5 Å². The summed E-state index contributed by atoms with van der Waals surface area (Å²) in [4.78, 5) is 9.98. The average molecular weight is 366 g/mol. The number of hydrogen-bond acceptors (Lipinski definition) is 6. The van der Waals surface area contributed by atoms with E-state index in [-0.39, 0.29) is 10.6 Å². The third-order valence-electron chi connectivity index (χ3n) is 3.14. The maximum atomic E-state index is 12.4. The zero-order valence-corrected chi connectivity index (χ0v) is 14.4. The summed E-state index contributed by atoms with van der Waals surface area (Å²) in [5.74, 6) is 0.503. The van der Waals surface area contributed by atoms with E-state index in [1.165, 1.54) is 12.1 Å². The van der Waals surface area contributed by atoms with E-state index in [1.807, 2.05) is 6.92 Å². The molecule has 0 heterocycles. The smallest absolute Gasteiger partial charge is 0.269 e. The second kappa shape index (κ2) is 8.45. The van der Waals surface area contributed by atoms with Crippen molar-refractivity contribution in [3.8, 4) is 5.75 Å². The molecule has 0 saturated heterocycles. The number of nitro benzene ring substituents is 1. The Balaban J connectivity index is 2.08. The van der Waals surface area contributed by atoms with Crippen LogP contribution in [0, 0.1) is 10.1 Å². The van der Waals surface area contributed by atoms with Crippen LogP contribution in [-0.4, -0.2) is 33.2 Å². The minimum absolute atomic E-state index is 0.0687. The monoisotopic (exact) mass is 366 g/mol. The molecule has 0 atom stereocenters. The summed E-state index contributed by atoms with van der Waals surface area (Å²) in [6.07, 6.45) is 0. The Bertz CT molecular complexity index is 821. The average Bonchev–Trinajstić information content (AvgIpc) is 2.59. The summed E-state index contributed by atoms with van der Waals surface area (Å²) in [5.41, 5.74) is 0.149. The number of nitrogens with zero attached hydrogens (tertiary/aromatic N) is 1. The van der Waals surface area contributed by atoms with Crippen LogP contribution in [0.15, 0.2) is 53.4 Å². The summed E-state index contributed by atoms with van der Waals surface area (Å²) < 4.78 is 37.8. The molecule has 8 nitrogen and oxygen atoms in total. The van der Waals surface area contributed by atoms with Gasteiger partial charge in [0.1, 0.15) is 12.4 Å². The van der Waals surface area contributed by atoms with Gasteiger partial charge < -0.3 is 9.47 Å². The molecule has 2 rings (SSSR count). The van der Waals surface area contributed by atoms with Crippen molar-refractivity contribution in [3.63, 3.8) is 0 Å². The zero-order chi connectivity index (χ0) is 18.3. The van der Waals surface area contributed by atoms with E-state index < -0.39 is 14.9 Å². The molecular formula is C16H18N2O6S. The van der Waals surface area contributed by atoms with Gasteiger partial charge in [0.2, 0.25) is 0 Å². The Hall–Kier alpha value is -2.65. The molecular weight excluding hydrogens is 348 g/mol. The maximum Gasteiger partial charge on any atom is 0.269 e. The molecule has 0 unspecified atom stereocenters. The summed E-state index contributed by atoms with van der Waals surface area (Å²) in [6.45, 7) is 3.27. The molecule has 0 saturated carbocycles. The highest BCUT2D eigenvalue weighted by atomic mass is 32.2. The predicted molar refractivity (Wildman–Crippen MR) is 92.3 cm³/mol. The van der Waals surface area contributed by atoms with Crippen molar-refractivity contribution in [1.82, 2.24) is 0 Å². The molecule has 2 aromatic rings. The Morgan fingerprint density at radius 1 is 1.12 bits per heavy atom. The lowest BCUT2D eigenvalue weighted by Crippen LogP contribution is -2.13. The van der Waals surface area contributed by atoms with Crippen LogP contribution in [0.3, 0.4) is 0 Å². The van der Waals surface area contributed by atoms with E-state index in [9.17, 15) is 18.5 Å². The number of sulfonamides is 1. The van der Waals surface area contributed by atoms with Crippen LogP contribution in [-0.2, 0) is 14.8 Å². The first-order valence-corrected chi connectivity index (χ1v) is 8.98. The van der Waals surface area contributed by atoms with Gasteiger partial charge in [0.25, 0.3) is 15.7 Å². The Morgan fingerprint density at radius 2 is 1.84 bits per heavy atom. The van der Waals surface area contributed by atoms with E-state index in [1.54, 1.807) is 24.3 Å². The fourth-order valence-electron chi connectivity index (χ4n) is 1.97. The Labute approximate surface area is 145 Å². The first kappa shape index (κ1) is 18.7. The fourth-order valence-corrected chi connectivity index (χ4v) is 3.02. The highest BCUT2D eigenvalue weighted by Crippen LogP contribution is 2.22. The van der Waals surface area contributed by atoms with Gasteiger partial charge in [-0.05, 0) is 31.2 Å². The van der Waals surface area contributed by atoms with Crippen LogP contribution >= 0.6 is 0 Å². The molecule has 0 fully saturated rings. The normalized spacial score (nSPS) is 11.1. The van der Waals surface area contributed by atoms with Gasteiger partial charge in [0.15, 0.2) is 0 Å². The number of non-ortho nitro benzene ring substituents is 1. The van der Waals surface area contributed by atoms with Gasteiger partial charge in [0.05, 0.1) is 22.1 Å². The van der Waals surface area contributed by atoms with Gasteiger partial charge in [-0.3, -0.25) is 14.8 Å². The van der Waals surface area contributed by atoms with Crippen molar-refractivity contribution in [2.24, 2.45) is 0 Å². The lowest BCUT2D eigenvalue weighted by Gasteiger charge is -2.10. The van der Waals surface area contributed by atoms with Gasteiger partial charge >= 0.3 is 0 Å². The molecule has 0 radical (unpaired) electrons. The second-order valence-corrected chi connectivity index (χ2v) is 6.61. The van der Waals surface area contributed by atoms with Gasteiger partial charge in [0, 0.05) is 24.8 Å². The van der Waals surface area contributed by atoms with Gasteiger partial charge in [-0.1, -0.05) is 6.07 Å². The molecule has 9 heteroatoms. The SMILES string of the molecule is CCOCCOc1cccc(NS(=O)(=O)c2ccc([N+](=O)[O-])cc2)c1. The zero-order valence-electron chi connectivity index (χ0n) is 13.5. The van der Waals surface area contributed by atoms with Crippen LogP contribution in [0.5, 0.6) is 5.75 Å². The number of hydrogen-bond donors (Lipinski definition) is 1. The van der Waals surface area contributed by atoms with Gasteiger partial charge in [-0.25, -0.2) is 8.42 Å². The van der Waals surface area contributed by atoms with Crippen LogP contribution in [0.1, 0.15) is 6.92 Å². The van der Waals surface area contributed by atoms with Crippen LogP contribution in [0.2, 0.25) is 0 Å². The van der Waals surface area contributed by atoms with Crippen LogP contribution in [0.4, 0.5) is 11.4 Å². The first-order valence-electron chi connectivity index (χ1n) is 7.50. The number of ether oxygens (including phenoxy) is 2. The highest BCUT2D eigenvalue weighted by Gasteiger charge is 2.16. The van der Waals surface area contributed by atoms with E-state index in [4.69, 9.17) is 9.47 Å². The quantitative estimate of drug-likeness (QED) is 0.415. The minimum Gasteiger partial charge on any atom is -0.491 e. The number of benzene rings is 2. The van der Waals surface area contributed by atoms with Crippen molar-refractivity contribution < 1.29 is 22.8 Å². The van der Waals surface area contributed by atoms with E-state index in [2.05, 4.69) is 4.72 Å². The van der Waals surface area contributed by atoms with E-state index in [0.29, 0.717) is 31.3 Å². The summed E-state index contributed by atoms with van der Waals surface area (Å²) in [6, 6.07) is 11.1. The van der Waals surface area contributed by atoms with E-state index in [0.717, 1.165) is 12.1 Å². The molecule has 25 heavy (non-hydrogen) atoms. The summed E-state index contributed by atoms with van der Waals surface area (Å²) in [5, 5.41) is 10.6. The highest BCUT2D eigenvalue weighted by molar-refractivity contribution is 7.92. The largest absolute Gasteiger partial charge is 0.491 e. The van der Waals surface area contributed by atoms with Crippen molar-refractivity contribution >= 4 is 21.4 Å². The molecule has 0 spiro atoms. The van der Waals surface area contributed by atoms with Crippen molar-refractivity contribution in [2.45, 2.75) is 11.8 Å². The standard InChI is InChI=1S/C16H18N2O6S/c1-2-23-10-11-24-15-5-3-4-13(12-15)17-25(21,22)16-8-6-14(7-9-16)18(19)20/h3-9,12,17H,2,10-11H2,1H3. The second-order valence-electron chi connectivity index (χ2n) is 4.93. The fraction of sp³-hybridized carbons (Fsp3) is 0.250. The minimum atomic E-state index is -3.85.